The Morgan fingerprint density at radius 2 is 1.41 bits per heavy atom. The average Bonchev–Trinajstić information content (AvgIpc) is 2.67. The van der Waals surface area contributed by atoms with Gasteiger partial charge in [-0.05, 0) is 54.6 Å². The number of nitrogens with zero attached hydrogens (tertiary/aromatic N) is 1. The molecule has 2 amide bonds. The SMILES string of the molecule is CN(C(=O)c1cccc(Br)c1)c1cccc(NC(=O)c2cccc(Br)c2)c1. The van der Waals surface area contributed by atoms with E-state index >= 15 is 0 Å². The Morgan fingerprint density at radius 1 is 0.815 bits per heavy atom. The molecule has 0 aliphatic carbocycles. The summed E-state index contributed by atoms with van der Waals surface area (Å²) in [6.07, 6.45) is 0. The van der Waals surface area contributed by atoms with Crippen LogP contribution in [0.1, 0.15) is 20.7 Å². The van der Waals surface area contributed by atoms with Crippen LogP contribution in [-0.2, 0) is 0 Å². The third-order valence-electron chi connectivity index (χ3n) is 3.95. The zero-order chi connectivity index (χ0) is 19.4. The van der Waals surface area contributed by atoms with Gasteiger partial charge in [-0.3, -0.25) is 9.59 Å². The van der Waals surface area contributed by atoms with Gasteiger partial charge in [0.2, 0.25) is 0 Å². The van der Waals surface area contributed by atoms with Crippen molar-refractivity contribution >= 4 is 55.0 Å². The number of anilines is 2. The smallest absolute Gasteiger partial charge is 0.258 e. The second-order valence-corrected chi connectivity index (χ2v) is 7.72. The summed E-state index contributed by atoms with van der Waals surface area (Å²) in [6, 6.07) is 21.6. The van der Waals surface area contributed by atoms with Gasteiger partial charge in [-0.25, -0.2) is 0 Å². The second kappa shape index (κ2) is 8.50. The Morgan fingerprint density at radius 3 is 2.07 bits per heavy atom. The first-order valence-corrected chi connectivity index (χ1v) is 9.73. The number of benzene rings is 3. The molecule has 0 radical (unpaired) electrons. The van der Waals surface area contributed by atoms with Crippen molar-refractivity contribution in [2.75, 3.05) is 17.3 Å². The molecule has 6 heteroatoms. The van der Waals surface area contributed by atoms with E-state index in [9.17, 15) is 9.59 Å². The van der Waals surface area contributed by atoms with E-state index < -0.39 is 0 Å². The van der Waals surface area contributed by atoms with Gasteiger partial charge in [-0.2, -0.15) is 0 Å². The maximum Gasteiger partial charge on any atom is 0.258 e. The van der Waals surface area contributed by atoms with Crippen LogP contribution in [-0.4, -0.2) is 18.9 Å². The molecule has 4 nitrogen and oxygen atoms in total. The summed E-state index contributed by atoms with van der Waals surface area (Å²) < 4.78 is 1.68. The van der Waals surface area contributed by atoms with E-state index in [1.54, 1.807) is 60.5 Å². The normalized spacial score (nSPS) is 10.3. The van der Waals surface area contributed by atoms with Crippen molar-refractivity contribution in [3.8, 4) is 0 Å². The maximum absolute atomic E-state index is 12.7. The zero-order valence-electron chi connectivity index (χ0n) is 14.4. The second-order valence-electron chi connectivity index (χ2n) is 5.89. The Balaban J connectivity index is 1.78. The molecule has 0 aliphatic heterocycles. The van der Waals surface area contributed by atoms with Gasteiger partial charge < -0.3 is 10.2 Å². The first-order chi connectivity index (χ1) is 12.9. The summed E-state index contributed by atoms with van der Waals surface area (Å²) in [7, 11) is 1.71. The van der Waals surface area contributed by atoms with Gasteiger partial charge >= 0.3 is 0 Å². The molecular weight excluding hydrogens is 472 g/mol. The summed E-state index contributed by atoms with van der Waals surface area (Å²) in [5.74, 6) is -0.346. The largest absolute Gasteiger partial charge is 0.322 e. The molecule has 3 aromatic rings. The molecule has 0 aliphatic rings. The number of halogens is 2. The highest BCUT2D eigenvalue weighted by molar-refractivity contribution is 9.10. The molecule has 0 heterocycles. The molecule has 0 fully saturated rings. The van der Waals surface area contributed by atoms with Crippen LogP contribution in [0.3, 0.4) is 0 Å². The molecule has 0 atom stereocenters. The fraction of sp³-hybridized carbons (Fsp3) is 0.0476. The van der Waals surface area contributed by atoms with Crippen LogP contribution >= 0.6 is 31.9 Å². The van der Waals surface area contributed by atoms with Gasteiger partial charge in [0.15, 0.2) is 0 Å². The van der Waals surface area contributed by atoms with Crippen LogP contribution in [0.25, 0.3) is 0 Å². The highest BCUT2D eigenvalue weighted by Crippen LogP contribution is 2.22. The van der Waals surface area contributed by atoms with E-state index in [1.807, 2.05) is 24.3 Å². The zero-order valence-corrected chi connectivity index (χ0v) is 17.6. The molecule has 3 rings (SSSR count). The van der Waals surface area contributed by atoms with E-state index in [4.69, 9.17) is 0 Å². The number of amides is 2. The summed E-state index contributed by atoms with van der Waals surface area (Å²) in [6.45, 7) is 0. The van der Waals surface area contributed by atoms with Gasteiger partial charge in [0.05, 0.1) is 0 Å². The quantitative estimate of drug-likeness (QED) is 0.510. The Bertz CT molecular complexity index is 1000. The fourth-order valence-corrected chi connectivity index (χ4v) is 3.36. The topological polar surface area (TPSA) is 49.4 Å². The Kier molecular flexibility index (Phi) is 6.08. The highest BCUT2D eigenvalue weighted by Gasteiger charge is 2.15. The summed E-state index contributed by atoms with van der Waals surface area (Å²) in [5.41, 5.74) is 2.43. The van der Waals surface area contributed by atoms with E-state index in [2.05, 4.69) is 37.2 Å². The molecule has 0 spiro atoms. The molecule has 0 bridgehead atoms. The number of carbonyl (C=O) groups is 2. The summed E-state index contributed by atoms with van der Waals surface area (Å²) in [5, 5.41) is 2.86. The lowest BCUT2D eigenvalue weighted by atomic mass is 10.1. The van der Waals surface area contributed by atoms with Gasteiger partial charge in [-0.1, -0.05) is 50.1 Å². The third kappa shape index (κ3) is 4.84. The average molecular weight is 488 g/mol. The number of nitrogens with one attached hydrogen (secondary N) is 1. The lowest BCUT2D eigenvalue weighted by molar-refractivity contribution is 0.0991. The Hall–Kier alpha value is -2.44. The molecule has 1 N–H and O–H groups in total. The highest BCUT2D eigenvalue weighted by atomic mass is 79.9. The Labute approximate surface area is 174 Å². The van der Waals surface area contributed by atoms with Crippen molar-refractivity contribution in [3.63, 3.8) is 0 Å². The number of carbonyl (C=O) groups excluding carboxylic acids is 2. The molecule has 0 unspecified atom stereocenters. The molecule has 3 aromatic carbocycles. The standard InChI is InChI=1S/C21H16Br2N2O2/c1-25(21(27)15-6-3-8-17(23)12-15)19-10-4-9-18(13-19)24-20(26)14-5-2-7-16(22)11-14/h2-13H,1H3,(H,24,26). The van der Waals surface area contributed by atoms with E-state index in [-0.39, 0.29) is 11.8 Å². The van der Waals surface area contributed by atoms with Gasteiger partial charge in [0, 0.05) is 38.5 Å². The lowest BCUT2D eigenvalue weighted by Gasteiger charge is -2.18. The number of hydrogen-bond donors (Lipinski definition) is 1. The monoisotopic (exact) mass is 486 g/mol. The van der Waals surface area contributed by atoms with Crippen LogP contribution in [0.5, 0.6) is 0 Å². The minimum atomic E-state index is -0.214. The van der Waals surface area contributed by atoms with E-state index in [0.717, 1.165) is 8.95 Å². The van der Waals surface area contributed by atoms with E-state index in [1.165, 1.54) is 0 Å². The summed E-state index contributed by atoms with van der Waals surface area (Å²) >= 11 is 6.74. The van der Waals surface area contributed by atoms with Crippen molar-refractivity contribution in [2.45, 2.75) is 0 Å². The first kappa shape index (κ1) is 19.3. The molecule has 0 aromatic heterocycles. The minimum absolute atomic E-state index is 0.133. The van der Waals surface area contributed by atoms with Crippen molar-refractivity contribution in [1.29, 1.82) is 0 Å². The predicted octanol–water partition coefficient (Wildman–Crippen LogP) is 5.74. The van der Waals surface area contributed by atoms with Gasteiger partial charge in [-0.15, -0.1) is 0 Å². The predicted molar refractivity (Wildman–Crippen MR) is 115 cm³/mol. The van der Waals surface area contributed by atoms with Crippen LogP contribution in [0.4, 0.5) is 11.4 Å². The van der Waals surface area contributed by atoms with Gasteiger partial charge in [0.25, 0.3) is 11.8 Å². The molecule has 0 saturated carbocycles. The van der Waals surface area contributed by atoms with Gasteiger partial charge in [0.1, 0.15) is 0 Å². The van der Waals surface area contributed by atoms with Crippen LogP contribution < -0.4 is 10.2 Å². The van der Waals surface area contributed by atoms with E-state index in [0.29, 0.717) is 22.5 Å². The van der Waals surface area contributed by atoms with Crippen LogP contribution in [0, 0.1) is 0 Å². The lowest BCUT2D eigenvalue weighted by Crippen LogP contribution is -2.26. The van der Waals surface area contributed by atoms with Crippen molar-refractivity contribution < 1.29 is 9.59 Å². The molecule has 136 valence electrons. The minimum Gasteiger partial charge on any atom is -0.322 e. The van der Waals surface area contributed by atoms with Crippen molar-refractivity contribution in [1.82, 2.24) is 0 Å². The summed E-state index contributed by atoms with van der Waals surface area (Å²) in [4.78, 5) is 26.7. The molecular formula is C21H16Br2N2O2. The van der Waals surface area contributed by atoms with Crippen LogP contribution in [0.2, 0.25) is 0 Å². The third-order valence-corrected chi connectivity index (χ3v) is 4.94. The molecule has 27 heavy (non-hydrogen) atoms. The number of rotatable bonds is 4. The van der Waals surface area contributed by atoms with Crippen LogP contribution in [0.15, 0.2) is 81.7 Å². The van der Waals surface area contributed by atoms with Crippen molar-refractivity contribution in [3.05, 3.63) is 92.9 Å². The first-order valence-electron chi connectivity index (χ1n) is 8.14. The van der Waals surface area contributed by atoms with Crippen molar-refractivity contribution in [2.24, 2.45) is 0 Å². The maximum atomic E-state index is 12.7. The number of hydrogen-bond acceptors (Lipinski definition) is 2. The fourth-order valence-electron chi connectivity index (χ4n) is 2.56. The molecule has 0 saturated heterocycles.